The van der Waals surface area contributed by atoms with Crippen molar-refractivity contribution in [2.45, 2.75) is 57.9 Å². The first-order valence-corrected chi connectivity index (χ1v) is 8.98. The van der Waals surface area contributed by atoms with Crippen molar-refractivity contribution in [2.75, 3.05) is 6.54 Å². The third-order valence-electron chi connectivity index (χ3n) is 4.28. The SMILES string of the molecule is CCCNC(c1ccc(F)cc1I)C1CCCCCC1. The minimum atomic E-state index is -0.131. The monoisotopic (exact) mass is 389 g/mol. The summed E-state index contributed by atoms with van der Waals surface area (Å²) in [4.78, 5) is 0. The van der Waals surface area contributed by atoms with Gasteiger partial charge in [0.2, 0.25) is 0 Å². The van der Waals surface area contributed by atoms with Crippen LogP contribution in [-0.4, -0.2) is 6.54 Å². The minimum Gasteiger partial charge on any atom is -0.310 e. The molecule has 1 aromatic carbocycles. The maximum absolute atomic E-state index is 13.3. The van der Waals surface area contributed by atoms with E-state index in [1.54, 1.807) is 12.1 Å². The summed E-state index contributed by atoms with van der Waals surface area (Å²) < 4.78 is 14.4. The normalized spacial score (nSPS) is 18.8. The molecule has 3 heteroatoms. The Kier molecular flexibility index (Phi) is 6.75. The summed E-state index contributed by atoms with van der Waals surface area (Å²) in [5.74, 6) is 0.566. The maximum atomic E-state index is 13.3. The smallest absolute Gasteiger partial charge is 0.124 e. The van der Waals surface area contributed by atoms with Crippen LogP contribution in [0.25, 0.3) is 0 Å². The molecule has 1 aliphatic rings. The first kappa shape index (κ1) is 16.2. The molecule has 1 unspecified atom stereocenters. The molecule has 1 aromatic rings. The third-order valence-corrected chi connectivity index (χ3v) is 5.22. The summed E-state index contributed by atoms with van der Waals surface area (Å²) >= 11 is 2.28. The number of nitrogens with one attached hydrogen (secondary N) is 1. The van der Waals surface area contributed by atoms with Gasteiger partial charge < -0.3 is 5.32 Å². The molecule has 2 rings (SSSR count). The summed E-state index contributed by atoms with van der Waals surface area (Å²) in [7, 11) is 0. The van der Waals surface area contributed by atoms with Crippen molar-refractivity contribution in [3.63, 3.8) is 0 Å². The van der Waals surface area contributed by atoms with Crippen LogP contribution in [0.5, 0.6) is 0 Å². The van der Waals surface area contributed by atoms with Gasteiger partial charge in [-0.15, -0.1) is 0 Å². The summed E-state index contributed by atoms with van der Waals surface area (Å²) in [5, 5.41) is 3.72. The molecule has 1 fully saturated rings. The van der Waals surface area contributed by atoms with Gasteiger partial charge in [0.05, 0.1) is 0 Å². The highest BCUT2D eigenvalue weighted by Gasteiger charge is 2.25. The zero-order chi connectivity index (χ0) is 14.4. The van der Waals surface area contributed by atoms with E-state index in [0.717, 1.165) is 16.5 Å². The fourth-order valence-electron chi connectivity index (χ4n) is 3.23. The maximum Gasteiger partial charge on any atom is 0.124 e. The lowest BCUT2D eigenvalue weighted by Gasteiger charge is -2.28. The van der Waals surface area contributed by atoms with E-state index in [1.807, 2.05) is 6.07 Å². The van der Waals surface area contributed by atoms with Gasteiger partial charge in [0.15, 0.2) is 0 Å². The molecule has 0 amide bonds. The van der Waals surface area contributed by atoms with E-state index in [4.69, 9.17) is 0 Å². The van der Waals surface area contributed by atoms with Gasteiger partial charge >= 0.3 is 0 Å². The van der Waals surface area contributed by atoms with Crippen molar-refractivity contribution in [3.05, 3.63) is 33.1 Å². The Morgan fingerprint density at radius 2 is 1.95 bits per heavy atom. The molecule has 0 spiro atoms. The first-order valence-electron chi connectivity index (χ1n) is 7.90. The Morgan fingerprint density at radius 1 is 1.25 bits per heavy atom. The highest BCUT2D eigenvalue weighted by Crippen LogP contribution is 2.35. The summed E-state index contributed by atoms with van der Waals surface area (Å²) in [5.41, 5.74) is 1.28. The molecule has 0 bridgehead atoms. The topological polar surface area (TPSA) is 12.0 Å². The molecular formula is C17H25FIN. The molecule has 1 nitrogen and oxygen atoms in total. The summed E-state index contributed by atoms with van der Waals surface area (Å²) in [6.45, 7) is 3.24. The molecule has 0 radical (unpaired) electrons. The number of hydrogen-bond donors (Lipinski definition) is 1. The molecule has 1 N–H and O–H groups in total. The molecule has 0 heterocycles. The highest BCUT2D eigenvalue weighted by atomic mass is 127. The average Bonchev–Trinajstić information content (AvgIpc) is 2.70. The van der Waals surface area contributed by atoms with E-state index in [0.29, 0.717) is 12.0 Å². The zero-order valence-corrected chi connectivity index (χ0v) is 14.5. The summed E-state index contributed by atoms with van der Waals surface area (Å²) in [6, 6.07) is 5.64. The van der Waals surface area contributed by atoms with Crippen LogP contribution in [0.3, 0.4) is 0 Å². The molecular weight excluding hydrogens is 364 g/mol. The second-order valence-corrected chi connectivity index (χ2v) is 7.01. The quantitative estimate of drug-likeness (QED) is 0.522. The van der Waals surface area contributed by atoms with E-state index >= 15 is 0 Å². The Balaban J connectivity index is 2.20. The van der Waals surface area contributed by atoms with Crippen LogP contribution in [0.1, 0.15) is 63.5 Å². The largest absolute Gasteiger partial charge is 0.310 e. The van der Waals surface area contributed by atoms with E-state index in [1.165, 1.54) is 44.1 Å². The van der Waals surface area contributed by atoms with Crippen molar-refractivity contribution < 1.29 is 4.39 Å². The third kappa shape index (κ3) is 4.42. The van der Waals surface area contributed by atoms with Crippen LogP contribution >= 0.6 is 22.6 Å². The predicted molar refractivity (Wildman–Crippen MR) is 91.3 cm³/mol. The van der Waals surface area contributed by atoms with E-state index in [9.17, 15) is 4.39 Å². The van der Waals surface area contributed by atoms with Gasteiger partial charge in [0.1, 0.15) is 5.82 Å². The van der Waals surface area contributed by atoms with Gasteiger partial charge in [-0.1, -0.05) is 38.7 Å². The number of rotatable bonds is 5. The fraction of sp³-hybridized carbons (Fsp3) is 0.647. The molecule has 1 saturated carbocycles. The standard InChI is InChI=1S/C17H25FIN/c1-2-11-20-17(13-7-5-3-4-6-8-13)15-10-9-14(18)12-16(15)19/h9-10,12-13,17,20H,2-8,11H2,1H3. The van der Waals surface area contributed by atoms with Crippen molar-refractivity contribution in [1.29, 1.82) is 0 Å². The molecule has 0 aromatic heterocycles. The van der Waals surface area contributed by atoms with Crippen LogP contribution in [0.15, 0.2) is 18.2 Å². The van der Waals surface area contributed by atoms with Gasteiger partial charge in [-0.05, 0) is 72.0 Å². The Bertz CT molecular complexity index is 413. The van der Waals surface area contributed by atoms with Crippen LogP contribution < -0.4 is 5.32 Å². The molecule has 0 saturated heterocycles. The second kappa shape index (κ2) is 8.32. The lowest BCUT2D eigenvalue weighted by atomic mass is 9.87. The van der Waals surface area contributed by atoms with E-state index in [-0.39, 0.29) is 5.82 Å². The second-order valence-electron chi connectivity index (χ2n) is 5.85. The lowest BCUT2D eigenvalue weighted by Crippen LogP contribution is -2.29. The van der Waals surface area contributed by atoms with Gasteiger partial charge in [-0.3, -0.25) is 0 Å². The Labute approximate surface area is 135 Å². The Hall–Kier alpha value is -0.160. The highest BCUT2D eigenvalue weighted by molar-refractivity contribution is 14.1. The van der Waals surface area contributed by atoms with E-state index in [2.05, 4.69) is 34.8 Å². The average molecular weight is 389 g/mol. The van der Waals surface area contributed by atoms with Crippen LogP contribution in [0.2, 0.25) is 0 Å². The molecule has 20 heavy (non-hydrogen) atoms. The molecule has 112 valence electrons. The lowest BCUT2D eigenvalue weighted by molar-refractivity contribution is 0.324. The van der Waals surface area contributed by atoms with Crippen LogP contribution in [-0.2, 0) is 0 Å². The number of hydrogen-bond acceptors (Lipinski definition) is 1. The van der Waals surface area contributed by atoms with Crippen molar-refractivity contribution in [1.82, 2.24) is 5.32 Å². The van der Waals surface area contributed by atoms with E-state index < -0.39 is 0 Å². The van der Waals surface area contributed by atoms with Gasteiger partial charge in [0.25, 0.3) is 0 Å². The predicted octanol–water partition coefficient (Wildman–Crippen LogP) is 5.44. The fourth-order valence-corrected chi connectivity index (χ4v) is 4.04. The van der Waals surface area contributed by atoms with Gasteiger partial charge in [-0.25, -0.2) is 4.39 Å². The number of benzene rings is 1. The van der Waals surface area contributed by atoms with Crippen molar-refractivity contribution >= 4 is 22.6 Å². The van der Waals surface area contributed by atoms with Gasteiger partial charge in [0, 0.05) is 9.61 Å². The van der Waals surface area contributed by atoms with Crippen molar-refractivity contribution in [2.24, 2.45) is 5.92 Å². The zero-order valence-electron chi connectivity index (χ0n) is 12.3. The minimum absolute atomic E-state index is 0.131. The number of halogens is 2. The van der Waals surface area contributed by atoms with Gasteiger partial charge in [-0.2, -0.15) is 0 Å². The molecule has 1 aliphatic carbocycles. The summed E-state index contributed by atoms with van der Waals surface area (Å²) in [6.07, 6.45) is 9.17. The Morgan fingerprint density at radius 3 is 2.55 bits per heavy atom. The van der Waals surface area contributed by atoms with Crippen LogP contribution in [0, 0.1) is 15.3 Å². The first-order chi connectivity index (χ1) is 9.72. The molecule has 1 atom stereocenters. The molecule has 0 aliphatic heterocycles. The van der Waals surface area contributed by atoms with Crippen molar-refractivity contribution in [3.8, 4) is 0 Å². The van der Waals surface area contributed by atoms with Crippen LogP contribution in [0.4, 0.5) is 4.39 Å².